The van der Waals surface area contributed by atoms with Gasteiger partial charge in [-0.15, -0.1) is 0 Å². The van der Waals surface area contributed by atoms with Crippen molar-refractivity contribution in [3.63, 3.8) is 0 Å². The second-order valence-electron chi connectivity index (χ2n) is 7.90. The molecule has 0 radical (unpaired) electrons. The van der Waals surface area contributed by atoms with Crippen molar-refractivity contribution in [1.29, 1.82) is 0 Å². The molecule has 1 fully saturated rings. The van der Waals surface area contributed by atoms with Crippen LogP contribution in [-0.4, -0.2) is 62.0 Å². The van der Waals surface area contributed by atoms with Crippen LogP contribution in [-0.2, 0) is 11.2 Å². The van der Waals surface area contributed by atoms with Gasteiger partial charge in [-0.2, -0.15) is 0 Å². The van der Waals surface area contributed by atoms with Crippen LogP contribution in [0.25, 0.3) is 0 Å². The van der Waals surface area contributed by atoms with Crippen molar-refractivity contribution in [2.75, 3.05) is 40.3 Å². The van der Waals surface area contributed by atoms with Crippen LogP contribution in [0, 0.1) is 11.7 Å². The van der Waals surface area contributed by atoms with Gasteiger partial charge in [-0.3, -0.25) is 4.79 Å². The fourth-order valence-corrected chi connectivity index (χ4v) is 4.04. The Bertz CT molecular complexity index is 869. The van der Waals surface area contributed by atoms with Crippen LogP contribution in [0.3, 0.4) is 0 Å². The number of nitrogens with zero attached hydrogens (tertiary/aromatic N) is 2. The van der Waals surface area contributed by atoms with E-state index in [1.807, 2.05) is 19.2 Å². The standard InChI is InChI=1S/C24H29FN2O3/c1-26(23(28)20-9-11-21(12-10-20)24(29)30-2)16-18-6-5-14-27(17-18)15-13-19-7-3-4-8-22(19)25/h3-4,7-12,18H,5-6,13-17H2,1-2H3/t18-/m0/s1. The lowest BCUT2D eigenvalue weighted by molar-refractivity contribution is 0.0599. The lowest BCUT2D eigenvalue weighted by atomic mass is 9.96. The van der Waals surface area contributed by atoms with Crippen LogP contribution in [0.15, 0.2) is 48.5 Å². The number of likely N-dealkylation sites (tertiary alicyclic amines) is 1. The Labute approximate surface area is 177 Å². The number of benzene rings is 2. The number of halogens is 1. The maximum absolute atomic E-state index is 13.8. The number of rotatable bonds is 7. The molecule has 6 heteroatoms. The fourth-order valence-electron chi connectivity index (χ4n) is 4.04. The zero-order valence-corrected chi connectivity index (χ0v) is 17.6. The van der Waals surface area contributed by atoms with Gasteiger partial charge in [-0.25, -0.2) is 9.18 Å². The number of hydrogen-bond acceptors (Lipinski definition) is 4. The van der Waals surface area contributed by atoms with Crippen molar-refractivity contribution >= 4 is 11.9 Å². The van der Waals surface area contributed by atoms with Crippen molar-refractivity contribution < 1.29 is 18.7 Å². The molecule has 0 unspecified atom stereocenters. The molecule has 1 aliphatic heterocycles. The Morgan fingerprint density at radius 1 is 1.13 bits per heavy atom. The lowest BCUT2D eigenvalue weighted by Crippen LogP contribution is -2.42. The SMILES string of the molecule is COC(=O)c1ccc(C(=O)N(C)C[C@@H]2CCCN(CCc3ccccc3F)C2)cc1. The minimum Gasteiger partial charge on any atom is -0.465 e. The first-order chi connectivity index (χ1) is 14.5. The molecule has 2 aromatic rings. The monoisotopic (exact) mass is 412 g/mol. The summed E-state index contributed by atoms with van der Waals surface area (Å²) in [4.78, 5) is 28.4. The van der Waals surface area contributed by atoms with Gasteiger partial charge >= 0.3 is 5.97 Å². The van der Waals surface area contributed by atoms with Gasteiger partial charge in [0.2, 0.25) is 0 Å². The highest BCUT2D eigenvalue weighted by Crippen LogP contribution is 2.19. The molecule has 0 aliphatic carbocycles. The van der Waals surface area contributed by atoms with Crippen molar-refractivity contribution in [2.24, 2.45) is 5.92 Å². The molecule has 3 rings (SSSR count). The predicted molar refractivity (Wildman–Crippen MR) is 114 cm³/mol. The summed E-state index contributed by atoms with van der Waals surface area (Å²) in [6.45, 7) is 3.42. The van der Waals surface area contributed by atoms with Gasteiger partial charge in [-0.05, 0) is 67.6 Å². The van der Waals surface area contributed by atoms with Crippen molar-refractivity contribution in [3.05, 3.63) is 71.0 Å². The van der Waals surface area contributed by atoms with Gasteiger partial charge in [0.15, 0.2) is 0 Å². The second kappa shape index (κ2) is 10.3. The molecule has 5 nitrogen and oxygen atoms in total. The van der Waals surface area contributed by atoms with Gasteiger partial charge in [-0.1, -0.05) is 18.2 Å². The van der Waals surface area contributed by atoms with Crippen LogP contribution in [0.5, 0.6) is 0 Å². The van der Waals surface area contributed by atoms with E-state index in [0.29, 0.717) is 30.0 Å². The number of carbonyl (C=O) groups is 2. The number of piperidine rings is 1. The van der Waals surface area contributed by atoms with E-state index in [2.05, 4.69) is 9.64 Å². The van der Waals surface area contributed by atoms with Gasteiger partial charge in [0.1, 0.15) is 5.82 Å². The van der Waals surface area contributed by atoms with Gasteiger partial charge in [0.25, 0.3) is 5.91 Å². The van der Waals surface area contributed by atoms with Crippen LogP contribution in [0.2, 0.25) is 0 Å². The molecular formula is C24H29FN2O3. The average Bonchev–Trinajstić information content (AvgIpc) is 2.78. The molecule has 0 aromatic heterocycles. The van der Waals surface area contributed by atoms with E-state index in [4.69, 9.17) is 0 Å². The minimum atomic E-state index is -0.417. The summed E-state index contributed by atoms with van der Waals surface area (Å²) in [5, 5.41) is 0. The van der Waals surface area contributed by atoms with Gasteiger partial charge in [0, 0.05) is 32.2 Å². The summed E-state index contributed by atoms with van der Waals surface area (Å²) in [7, 11) is 3.15. The summed E-state index contributed by atoms with van der Waals surface area (Å²) in [6, 6.07) is 13.5. The Morgan fingerprint density at radius 2 is 1.83 bits per heavy atom. The van der Waals surface area contributed by atoms with Crippen molar-refractivity contribution in [3.8, 4) is 0 Å². The summed E-state index contributed by atoms with van der Waals surface area (Å²) >= 11 is 0. The number of hydrogen-bond donors (Lipinski definition) is 0. The highest BCUT2D eigenvalue weighted by Gasteiger charge is 2.23. The topological polar surface area (TPSA) is 49.9 Å². The summed E-state index contributed by atoms with van der Waals surface area (Å²) in [6.07, 6.45) is 2.85. The fraction of sp³-hybridized carbons (Fsp3) is 0.417. The molecule has 160 valence electrons. The number of carbonyl (C=O) groups excluding carboxylic acids is 2. The van der Waals surface area contributed by atoms with Crippen LogP contribution in [0.1, 0.15) is 39.1 Å². The first-order valence-electron chi connectivity index (χ1n) is 10.4. The predicted octanol–water partition coefficient (Wildman–Crippen LogP) is 3.64. The number of amides is 1. The first-order valence-corrected chi connectivity index (χ1v) is 10.4. The molecule has 1 aliphatic rings. The smallest absolute Gasteiger partial charge is 0.337 e. The average molecular weight is 413 g/mol. The van der Waals surface area contributed by atoms with Crippen LogP contribution >= 0.6 is 0 Å². The largest absolute Gasteiger partial charge is 0.465 e. The molecule has 30 heavy (non-hydrogen) atoms. The minimum absolute atomic E-state index is 0.0603. The van der Waals surface area contributed by atoms with E-state index < -0.39 is 5.97 Å². The molecule has 2 aromatic carbocycles. The molecule has 1 heterocycles. The molecule has 0 bridgehead atoms. The van der Waals surface area contributed by atoms with Gasteiger partial charge < -0.3 is 14.5 Å². The molecule has 0 N–H and O–H groups in total. The summed E-state index contributed by atoms with van der Waals surface area (Å²) in [5.74, 6) is -0.229. The Morgan fingerprint density at radius 3 is 2.53 bits per heavy atom. The summed E-state index contributed by atoms with van der Waals surface area (Å²) < 4.78 is 18.5. The van der Waals surface area contributed by atoms with E-state index in [1.54, 1.807) is 35.2 Å². The normalized spacial score (nSPS) is 16.8. The van der Waals surface area contributed by atoms with Crippen molar-refractivity contribution in [1.82, 2.24) is 9.80 Å². The van der Waals surface area contributed by atoms with Crippen LogP contribution in [0.4, 0.5) is 4.39 Å². The van der Waals surface area contributed by atoms with E-state index in [-0.39, 0.29) is 11.7 Å². The molecule has 0 spiro atoms. The number of methoxy groups -OCH3 is 1. The number of esters is 1. The van der Waals surface area contributed by atoms with E-state index in [1.165, 1.54) is 13.2 Å². The molecule has 1 saturated heterocycles. The lowest BCUT2D eigenvalue weighted by Gasteiger charge is -2.34. The maximum atomic E-state index is 13.8. The van der Waals surface area contributed by atoms with Crippen LogP contribution < -0.4 is 0 Å². The molecule has 0 saturated carbocycles. The Hall–Kier alpha value is -2.73. The molecule has 1 amide bonds. The van der Waals surface area contributed by atoms with E-state index >= 15 is 0 Å². The zero-order valence-electron chi connectivity index (χ0n) is 17.6. The summed E-state index contributed by atoms with van der Waals surface area (Å²) in [5.41, 5.74) is 1.73. The first kappa shape index (κ1) is 22.0. The third-order valence-corrected chi connectivity index (χ3v) is 5.69. The highest BCUT2D eigenvalue weighted by molar-refractivity contribution is 5.96. The quantitative estimate of drug-likeness (QED) is 0.652. The highest BCUT2D eigenvalue weighted by atomic mass is 19.1. The molecule has 1 atom stereocenters. The zero-order chi connectivity index (χ0) is 21.5. The Balaban J connectivity index is 1.51. The van der Waals surface area contributed by atoms with E-state index in [9.17, 15) is 14.0 Å². The maximum Gasteiger partial charge on any atom is 0.337 e. The third kappa shape index (κ3) is 5.66. The van der Waals surface area contributed by atoms with Crippen molar-refractivity contribution in [2.45, 2.75) is 19.3 Å². The Kier molecular flexibility index (Phi) is 7.57. The molecular weight excluding hydrogens is 383 g/mol. The second-order valence-corrected chi connectivity index (χ2v) is 7.90. The van der Waals surface area contributed by atoms with Gasteiger partial charge in [0.05, 0.1) is 12.7 Å². The third-order valence-electron chi connectivity index (χ3n) is 5.69. The number of ether oxygens (including phenoxy) is 1. The van der Waals surface area contributed by atoms with E-state index in [0.717, 1.165) is 38.0 Å².